The molecule has 1 saturated heterocycles. The predicted octanol–water partition coefficient (Wildman–Crippen LogP) is 2.75. The number of carbonyl (C=O) groups excluding carboxylic acids is 1. The van der Waals surface area contributed by atoms with E-state index in [2.05, 4.69) is 15.6 Å². The summed E-state index contributed by atoms with van der Waals surface area (Å²) in [5.41, 5.74) is 6.65. The van der Waals surface area contributed by atoms with Crippen LogP contribution >= 0.6 is 11.6 Å². The van der Waals surface area contributed by atoms with Crippen molar-refractivity contribution in [2.24, 2.45) is 18.7 Å². The van der Waals surface area contributed by atoms with E-state index in [1.165, 1.54) is 30.7 Å². The van der Waals surface area contributed by atoms with Gasteiger partial charge in [0.2, 0.25) is 0 Å². The fourth-order valence-electron chi connectivity index (χ4n) is 4.30. The van der Waals surface area contributed by atoms with Crippen LogP contribution in [0.15, 0.2) is 35.1 Å². The highest BCUT2D eigenvalue weighted by Gasteiger charge is 2.48. The van der Waals surface area contributed by atoms with E-state index >= 15 is 0 Å². The zero-order valence-corrected chi connectivity index (χ0v) is 21.6. The zero-order valence-electron chi connectivity index (χ0n) is 20.9. The van der Waals surface area contributed by atoms with Crippen LogP contribution in [0.5, 0.6) is 5.75 Å². The Balaban J connectivity index is 1.68. The van der Waals surface area contributed by atoms with Crippen molar-refractivity contribution in [1.82, 2.24) is 14.9 Å². The van der Waals surface area contributed by atoms with Crippen molar-refractivity contribution >= 4 is 45.7 Å². The number of nitrogens with zero attached hydrogens (tertiary/aromatic N) is 4. The minimum Gasteiger partial charge on any atom is -0.478 e. The van der Waals surface area contributed by atoms with Gasteiger partial charge in [0.25, 0.3) is 17.4 Å². The summed E-state index contributed by atoms with van der Waals surface area (Å²) in [5, 5.41) is 15.9. The number of rotatable bonds is 6. The first kappa shape index (κ1) is 27.1. The molecule has 38 heavy (non-hydrogen) atoms. The van der Waals surface area contributed by atoms with Gasteiger partial charge in [0.1, 0.15) is 11.9 Å². The number of carbonyl (C=O) groups is 1. The Morgan fingerprint density at radius 1 is 1.34 bits per heavy atom. The Morgan fingerprint density at radius 2 is 2.08 bits per heavy atom. The number of likely N-dealkylation sites (N-methyl/N-ethyl adjacent to an activating group) is 1. The van der Waals surface area contributed by atoms with Gasteiger partial charge in [-0.15, -0.1) is 0 Å². The molecule has 2 atom stereocenters. The lowest BCUT2D eigenvalue weighted by Gasteiger charge is -2.41. The van der Waals surface area contributed by atoms with Gasteiger partial charge in [0.05, 0.1) is 22.1 Å². The quantitative estimate of drug-likeness (QED) is 0.430. The smallest absolute Gasteiger partial charge is 0.293 e. The van der Waals surface area contributed by atoms with E-state index in [0.717, 1.165) is 0 Å². The van der Waals surface area contributed by atoms with E-state index in [4.69, 9.17) is 22.1 Å². The number of benzene rings is 1. The Labute approximate surface area is 221 Å². The summed E-state index contributed by atoms with van der Waals surface area (Å²) >= 11 is 6.40. The first-order valence-corrected chi connectivity index (χ1v) is 12.1. The number of anilines is 3. The average Bonchev–Trinajstić information content (AvgIpc) is 2.89. The second-order valence-corrected chi connectivity index (χ2v) is 9.53. The number of halogens is 3. The maximum atomic E-state index is 14.3. The van der Waals surface area contributed by atoms with Gasteiger partial charge in [-0.3, -0.25) is 9.59 Å². The molecule has 3 heterocycles. The van der Waals surface area contributed by atoms with Crippen LogP contribution in [0.3, 0.4) is 0 Å². The van der Waals surface area contributed by atoms with Crippen LogP contribution < -0.4 is 31.6 Å². The first-order chi connectivity index (χ1) is 18.0. The molecule has 13 heteroatoms. The van der Waals surface area contributed by atoms with Crippen molar-refractivity contribution in [3.8, 4) is 11.8 Å². The van der Waals surface area contributed by atoms with Crippen molar-refractivity contribution in [1.29, 1.82) is 5.26 Å². The minimum atomic E-state index is -3.04. The van der Waals surface area contributed by atoms with Crippen LogP contribution in [0.25, 0.3) is 10.9 Å². The number of fused-ring (bicyclic) bond motifs is 1. The molecule has 0 spiro atoms. The second kappa shape index (κ2) is 10.4. The Hall–Kier alpha value is -3.95. The molecule has 2 aromatic heterocycles. The van der Waals surface area contributed by atoms with Gasteiger partial charge in [0.15, 0.2) is 18.2 Å². The van der Waals surface area contributed by atoms with Gasteiger partial charge in [-0.05, 0) is 30.3 Å². The monoisotopic (exact) mass is 545 g/mol. The average molecular weight is 546 g/mol. The van der Waals surface area contributed by atoms with Gasteiger partial charge in [-0.1, -0.05) is 18.5 Å². The lowest BCUT2D eigenvalue weighted by molar-refractivity contribution is -0.122. The standard InChI is InChI=1S/C25H26ClF2N7O3/c1-13-10-35(11-20(30)25(13,27)28)23-15(9-29)7-17(26)22(33-23)32-16-4-5-18-14(6-16)8-19(24(37)34(18)3)38-12-21(36)31-2/h4-8,13,20H,10-12,30H2,1-3H3,(H,31,36)(H,32,33)/t13-,20+/m0/s1. The molecule has 0 radical (unpaired) electrons. The SMILES string of the molecule is CNC(=O)COc1cc2cc(Nc3nc(N4C[C@@H](N)C(F)(F)[C@@H](C)C4)c(C#N)cc3Cl)ccc2n(C)c1=O. The fraction of sp³-hybridized carbons (Fsp3) is 0.360. The molecule has 0 bridgehead atoms. The number of nitrogens with two attached hydrogens (primary N) is 1. The third-order valence-corrected chi connectivity index (χ3v) is 6.82. The highest BCUT2D eigenvalue weighted by Crippen LogP contribution is 2.37. The zero-order chi connectivity index (χ0) is 27.8. The summed E-state index contributed by atoms with van der Waals surface area (Å²) in [6.07, 6.45) is 0. The number of hydrogen-bond acceptors (Lipinski definition) is 8. The van der Waals surface area contributed by atoms with Crippen molar-refractivity contribution in [3.63, 3.8) is 0 Å². The second-order valence-electron chi connectivity index (χ2n) is 9.12. The molecule has 1 amide bonds. The molecule has 0 unspecified atom stereocenters. The van der Waals surface area contributed by atoms with E-state index in [0.29, 0.717) is 16.6 Å². The Bertz CT molecular complexity index is 1490. The molecule has 0 saturated carbocycles. The molecule has 3 aromatic rings. The van der Waals surface area contributed by atoms with E-state index in [-0.39, 0.29) is 53.6 Å². The predicted molar refractivity (Wildman–Crippen MR) is 140 cm³/mol. The van der Waals surface area contributed by atoms with Gasteiger partial charge < -0.3 is 30.6 Å². The van der Waals surface area contributed by atoms with E-state index < -0.39 is 23.4 Å². The largest absolute Gasteiger partial charge is 0.478 e. The summed E-state index contributed by atoms with van der Waals surface area (Å²) in [7, 11) is 3.05. The number of nitriles is 1. The van der Waals surface area contributed by atoms with Gasteiger partial charge in [0, 0.05) is 44.2 Å². The number of nitrogens with one attached hydrogen (secondary N) is 2. The summed E-state index contributed by atoms with van der Waals surface area (Å²) < 4.78 is 35.4. The number of aromatic nitrogens is 2. The molecule has 0 aliphatic carbocycles. The summed E-state index contributed by atoms with van der Waals surface area (Å²) in [4.78, 5) is 30.2. The van der Waals surface area contributed by atoms with Crippen LogP contribution in [-0.2, 0) is 11.8 Å². The van der Waals surface area contributed by atoms with Gasteiger partial charge >= 0.3 is 0 Å². The Kier molecular flexibility index (Phi) is 7.44. The molecule has 4 N–H and O–H groups in total. The number of piperidine rings is 1. The lowest BCUT2D eigenvalue weighted by atomic mass is 9.91. The summed E-state index contributed by atoms with van der Waals surface area (Å²) in [5.74, 6) is -4.05. The van der Waals surface area contributed by atoms with Crippen LogP contribution in [0.2, 0.25) is 5.02 Å². The molecule has 1 aliphatic rings. The topological polar surface area (TPSA) is 138 Å². The van der Waals surface area contributed by atoms with Crippen molar-refractivity contribution in [2.75, 3.05) is 37.0 Å². The molecule has 1 aliphatic heterocycles. The van der Waals surface area contributed by atoms with Gasteiger partial charge in [-0.25, -0.2) is 13.8 Å². The third-order valence-electron chi connectivity index (χ3n) is 6.53. The molecule has 1 fully saturated rings. The highest BCUT2D eigenvalue weighted by atomic mass is 35.5. The number of pyridine rings is 2. The van der Waals surface area contributed by atoms with Crippen LogP contribution in [0.1, 0.15) is 12.5 Å². The van der Waals surface area contributed by atoms with Crippen LogP contribution in [0.4, 0.5) is 26.1 Å². The maximum absolute atomic E-state index is 14.3. The minimum absolute atomic E-state index is 0.00456. The number of aryl methyl sites for hydroxylation is 1. The first-order valence-electron chi connectivity index (χ1n) is 11.7. The van der Waals surface area contributed by atoms with Crippen molar-refractivity contribution < 1.29 is 18.3 Å². The lowest BCUT2D eigenvalue weighted by Crippen LogP contribution is -2.60. The molecule has 10 nitrogen and oxygen atoms in total. The summed E-state index contributed by atoms with van der Waals surface area (Å²) in [6, 6.07) is 8.71. The fourth-order valence-corrected chi connectivity index (χ4v) is 4.50. The van der Waals surface area contributed by atoms with Crippen LogP contribution in [-0.4, -0.2) is 54.2 Å². The van der Waals surface area contributed by atoms with E-state index in [9.17, 15) is 23.6 Å². The third kappa shape index (κ3) is 5.07. The van der Waals surface area contributed by atoms with E-state index in [1.807, 2.05) is 6.07 Å². The number of alkyl halides is 2. The van der Waals surface area contributed by atoms with Gasteiger partial charge in [-0.2, -0.15) is 5.26 Å². The maximum Gasteiger partial charge on any atom is 0.293 e. The number of hydrogen-bond donors (Lipinski definition) is 3. The van der Waals surface area contributed by atoms with Crippen molar-refractivity contribution in [2.45, 2.75) is 18.9 Å². The molecule has 1 aromatic carbocycles. The molecule has 200 valence electrons. The number of amides is 1. The molecule has 4 rings (SSSR count). The normalized spacial score (nSPS) is 18.6. The number of ether oxygens (including phenoxy) is 1. The van der Waals surface area contributed by atoms with Crippen LogP contribution in [0, 0.1) is 17.2 Å². The van der Waals surface area contributed by atoms with E-state index in [1.54, 1.807) is 30.1 Å². The molecular weight excluding hydrogens is 520 g/mol. The molecular formula is C25H26ClF2N7O3. The van der Waals surface area contributed by atoms with Crippen molar-refractivity contribution in [3.05, 3.63) is 51.3 Å². The summed E-state index contributed by atoms with van der Waals surface area (Å²) in [6.45, 7) is 0.880. The highest BCUT2D eigenvalue weighted by molar-refractivity contribution is 6.33. The Morgan fingerprint density at radius 3 is 2.74 bits per heavy atom.